The molecule has 5 rings (SSSR count). The second-order valence-corrected chi connectivity index (χ2v) is 11.4. The Kier molecular flexibility index (Phi) is 6.93. The molecule has 0 saturated carbocycles. The molecule has 1 N–H and O–H groups in total. The van der Waals surface area contributed by atoms with Crippen molar-refractivity contribution in [2.45, 2.75) is 26.9 Å². The summed E-state index contributed by atoms with van der Waals surface area (Å²) in [5.74, 6) is 2.00. The number of fused-ring (bicyclic) bond motifs is 1. The number of nitrogens with zero attached hydrogens (tertiary/aromatic N) is 6. The van der Waals surface area contributed by atoms with Crippen molar-refractivity contribution in [1.82, 2.24) is 29.7 Å². The number of piperazine rings is 1. The van der Waals surface area contributed by atoms with Crippen molar-refractivity contribution in [1.29, 1.82) is 0 Å². The number of nitrogens with one attached hydrogen (secondary N) is 1. The highest BCUT2D eigenvalue weighted by molar-refractivity contribution is 7.88. The van der Waals surface area contributed by atoms with Crippen LogP contribution in [0, 0.1) is 13.8 Å². The number of sulfonamides is 1. The summed E-state index contributed by atoms with van der Waals surface area (Å²) in [6.07, 6.45) is 4.50. The molecule has 12 heteroatoms. The monoisotopic (exact) mass is 537 g/mol. The van der Waals surface area contributed by atoms with Crippen LogP contribution in [0.5, 0.6) is 11.5 Å². The molecule has 0 spiro atoms. The van der Waals surface area contributed by atoms with Gasteiger partial charge in [-0.05, 0) is 44.5 Å². The van der Waals surface area contributed by atoms with Crippen molar-refractivity contribution in [3.63, 3.8) is 0 Å². The number of anilines is 1. The molecule has 4 heterocycles. The van der Waals surface area contributed by atoms with E-state index in [4.69, 9.17) is 9.47 Å². The van der Waals surface area contributed by atoms with Gasteiger partial charge < -0.3 is 14.4 Å². The minimum Gasteiger partial charge on any atom is -0.493 e. The van der Waals surface area contributed by atoms with E-state index in [1.165, 1.54) is 10.6 Å². The van der Waals surface area contributed by atoms with Gasteiger partial charge in [-0.1, -0.05) is 0 Å². The van der Waals surface area contributed by atoms with Crippen molar-refractivity contribution in [2.24, 2.45) is 0 Å². The lowest BCUT2D eigenvalue weighted by Crippen LogP contribution is -2.48. The van der Waals surface area contributed by atoms with Gasteiger partial charge in [-0.3, -0.25) is 5.10 Å². The molecule has 0 unspecified atom stereocenters. The van der Waals surface area contributed by atoms with Crippen LogP contribution < -0.4 is 14.4 Å². The second-order valence-electron chi connectivity index (χ2n) is 9.46. The fourth-order valence-electron chi connectivity index (χ4n) is 4.93. The first-order chi connectivity index (χ1) is 18.2. The molecule has 1 fully saturated rings. The molecule has 1 atom stereocenters. The lowest BCUT2D eigenvalue weighted by atomic mass is 10.0. The third-order valence-corrected chi connectivity index (χ3v) is 8.19. The SMILES string of the molecule is COc1cc2[nH]nc(-c3ccc(N4CCN(S(C)(=O)=O)CC4)nc3)c2cc1O[C@H](C)c1c(C)cnnc1C. The quantitative estimate of drug-likeness (QED) is 0.378. The molecular weight excluding hydrogens is 506 g/mol. The van der Waals surface area contributed by atoms with E-state index >= 15 is 0 Å². The van der Waals surface area contributed by atoms with E-state index in [1.807, 2.05) is 45.0 Å². The van der Waals surface area contributed by atoms with Crippen molar-refractivity contribution in [3.8, 4) is 22.8 Å². The Morgan fingerprint density at radius 3 is 2.45 bits per heavy atom. The smallest absolute Gasteiger partial charge is 0.211 e. The zero-order valence-electron chi connectivity index (χ0n) is 22.1. The molecule has 1 saturated heterocycles. The fraction of sp³-hybridized carbons (Fsp3) is 0.385. The van der Waals surface area contributed by atoms with Gasteiger partial charge in [0.05, 0.1) is 30.8 Å². The predicted octanol–water partition coefficient (Wildman–Crippen LogP) is 3.26. The molecule has 0 aliphatic carbocycles. The summed E-state index contributed by atoms with van der Waals surface area (Å²) in [5, 5.41) is 16.7. The van der Waals surface area contributed by atoms with Crippen LogP contribution in [0.25, 0.3) is 22.2 Å². The fourth-order valence-corrected chi connectivity index (χ4v) is 5.76. The van der Waals surface area contributed by atoms with E-state index < -0.39 is 10.0 Å². The molecule has 4 aromatic rings. The van der Waals surface area contributed by atoms with E-state index in [0.717, 1.165) is 44.8 Å². The van der Waals surface area contributed by atoms with Crippen LogP contribution in [-0.4, -0.2) is 77.6 Å². The Morgan fingerprint density at radius 1 is 1.05 bits per heavy atom. The van der Waals surface area contributed by atoms with Gasteiger partial charge in [0.2, 0.25) is 10.0 Å². The highest BCUT2D eigenvalue weighted by Crippen LogP contribution is 2.38. The van der Waals surface area contributed by atoms with Gasteiger partial charge in [0.25, 0.3) is 0 Å². The van der Waals surface area contributed by atoms with Gasteiger partial charge in [-0.15, -0.1) is 0 Å². The molecule has 1 aliphatic rings. The number of rotatable bonds is 7. The highest BCUT2D eigenvalue weighted by atomic mass is 32.2. The van der Waals surface area contributed by atoms with E-state index in [9.17, 15) is 8.42 Å². The van der Waals surface area contributed by atoms with Gasteiger partial charge in [0, 0.05) is 55.0 Å². The highest BCUT2D eigenvalue weighted by Gasteiger charge is 2.24. The normalized spacial score (nSPS) is 15.6. The molecule has 0 amide bonds. The maximum absolute atomic E-state index is 11.8. The van der Waals surface area contributed by atoms with E-state index in [1.54, 1.807) is 19.5 Å². The summed E-state index contributed by atoms with van der Waals surface area (Å²) < 4.78 is 37.1. The third kappa shape index (κ3) is 5.01. The molecule has 0 radical (unpaired) electrons. The predicted molar refractivity (Wildman–Crippen MR) is 145 cm³/mol. The average Bonchev–Trinajstić information content (AvgIpc) is 3.30. The number of H-pyrrole nitrogens is 1. The van der Waals surface area contributed by atoms with Crippen molar-refractivity contribution in [2.75, 3.05) is 44.4 Å². The second kappa shape index (κ2) is 10.2. The van der Waals surface area contributed by atoms with Crippen LogP contribution in [0.2, 0.25) is 0 Å². The number of aromatic nitrogens is 5. The molecule has 1 aromatic carbocycles. The van der Waals surface area contributed by atoms with E-state index in [0.29, 0.717) is 37.7 Å². The standard InChI is InChI=1S/C26H31N7O4S/c1-16-14-28-29-17(2)25(16)18(3)37-23-12-20-21(13-22(23)36-4)30-31-26(20)19-6-7-24(27-15-19)32-8-10-33(11-9-32)38(5,34)35/h6-7,12-15,18H,8-11H2,1-5H3,(H,30,31)/t18-/m1/s1. The van der Waals surface area contributed by atoms with Crippen LogP contribution >= 0.6 is 0 Å². The summed E-state index contributed by atoms with van der Waals surface area (Å²) >= 11 is 0. The first kappa shape index (κ1) is 25.9. The van der Waals surface area contributed by atoms with Crippen molar-refractivity contribution >= 4 is 26.7 Å². The van der Waals surface area contributed by atoms with Gasteiger partial charge in [0.15, 0.2) is 11.5 Å². The Balaban J connectivity index is 1.41. The van der Waals surface area contributed by atoms with Crippen LogP contribution in [0.4, 0.5) is 5.82 Å². The Hall–Kier alpha value is -3.77. The minimum atomic E-state index is -3.18. The lowest BCUT2D eigenvalue weighted by Gasteiger charge is -2.33. The largest absolute Gasteiger partial charge is 0.493 e. The van der Waals surface area contributed by atoms with Gasteiger partial charge in [-0.2, -0.15) is 19.6 Å². The number of ether oxygens (including phenoxy) is 2. The molecule has 200 valence electrons. The van der Waals surface area contributed by atoms with E-state index in [2.05, 4.69) is 30.3 Å². The number of benzene rings is 1. The Morgan fingerprint density at radius 2 is 1.82 bits per heavy atom. The van der Waals surface area contributed by atoms with Crippen LogP contribution in [0.1, 0.15) is 29.8 Å². The molecule has 3 aromatic heterocycles. The van der Waals surface area contributed by atoms with Crippen molar-refractivity contribution < 1.29 is 17.9 Å². The van der Waals surface area contributed by atoms with Crippen LogP contribution in [-0.2, 0) is 10.0 Å². The molecular formula is C26H31N7O4S. The summed E-state index contributed by atoms with van der Waals surface area (Å²) in [4.78, 5) is 6.74. The van der Waals surface area contributed by atoms with Gasteiger partial charge in [-0.25, -0.2) is 13.4 Å². The first-order valence-corrected chi connectivity index (χ1v) is 14.2. The zero-order valence-corrected chi connectivity index (χ0v) is 22.9. The van der Waals surface area contributed by atoms with Crippen LogP contribution in [0.15, 0.2) is 36.7 Å². The topological polar surface area (TPSA) is 126 Å². The van der Waals surface area contributed by atoms with Gasteiger partial charge in [0.1, 0.15) is 17.6 Å². The molecule has 1 aliphatic heterocycles. The van der Waals surface area contributed by atoms with Crippen LogP contribution in [0.3, 0.4) is 0 Å². The van der Waals surface area contributed by atoms with Gasteiger partial charge >= 0.3 is 0 Å². The number of aryl methyl sites for hydroxylation is 2. The maximum atomic E-state index is 11.8. The Bertz CT molecular complexity index is 1540. The minimum absolute atomic E-state index is 0.267. The lowest BCUT2D eigenvalue weighted by molar-refractivity contribution is 0.214. The van der Waals surface area contributed by atoms with E-state index in [-0.39, 0.29) is 6.10 Å². The number of methoxy groups -OCH3 is 1. The summed E-state index contributed by atoms with van der Waals surface area (Å²) in [6.45, 7) is 7.98. The number of hydrogen-bond donors (Lipinski definition) is 1. The zero-order chi connectivity index (χ0) is 27.0. The number of pyridine rings is 1. The summed E-state index contributed by atoms with van der Waals surface area (Å²) in [5.41, 5.74) is 5.24. The van der Waals surface area contributed by atoms with Crippen molar-refractivity contribution in [3.05, 3.63) is 53.5 Å². The molecule has 38 heavy (non-hydrogen) atoms. The Labute approximate surface area is 221 Å². The summed E-state index contributed by atoms with van der Waals surface area (Å²) in [6, 6.07) is 7.73. The number of aromatic amines is 1. The first-order valence-electron chi connectivity index (χ1n) is 12.3. The maximum Gasteiger partial charge on any atom is 0.211 e. The third-order valence-electron chi connectivity index (χ3n) is 6.88. The number of hydrogen-bond acceptors (Lipinski definition) is 9. The summed E-state index contributed by atoms with van der Waals surface area (Å²) in [7, 11) is -1.57. The average molecular weight is 538 g/mol. The molecule has 11 nitrogen and oxygen atoms in total. The molecule has 0 bridgehead atoms.